The van der Waals surface area contributed by atoms with Crippen LogP contribution in [0.2, 0.25) is 0 Å². The number of rotatable bonds is 3. The fourth-order valence-electron chi connectivity index (χ4n) is 1.27. The molecular formula is C11H10Cl2N2O. The number of halogens is 2. The Bertz CT molecular complexity index is 417. The van der Waals surface area contributed by atoms with Crippen molar-refractivity contribution in [1.29, 1.82) is 0 Å². The van der Waals surface area contributed by atoms with Crippen molar-refractivity contribution in [3.05, 3.63) is 46.8 Å². The van der Waals surface area contributed by atoms with E-state index in [-0.39, 0.29) is 0 Å². The molecule has 5 heteroatoms. The summed E-state index contributed by atoms with van der Waals surface area (Å²) in [4.78, 5) is 3.94. The molecule has 0 unspecified atom stereocenters. The first-order valence-electron chi connectivity index (χ1n) is 4.76. The summed E-state index contributed by atoms with van der Waals surface area (Å²) in [6, 6.07) is 9.79. The summed E-state index contributed by atoms with van der Waals surface area (Å²) in [5.74, 6) is 0.453. The molecule has 1 atom stereocenters. The van der Waals surface area contributed by atoms with Crippen LogP contribution in [0.4, 0.5) is 0 Å². The minimum Gasteiger partial charge on any atom is -0.486 e. The van der Waals surface area contributed by atoms with Crippen LogP contribution in [-0.2, 0) is 11.3 Å². The fraction of sp³-hybridized carbons (Fsp3) is 0.182. The number of ether oxygens (including phenoxy) is 1. The monoisotopic (exact) mass is 256 g/mol. The lowest BCUT2D eigenvalue weighted by atomic mass is 10.2. The van der Waals surface area contributed by atoms with E-state index < -0.39 is 5.50 Å². The van der Waals surface area contributed by atoms with Crippen molar-refractivity contribution >= 4 is 29.5 Å². The van der Waals surface area contributed by atoms with Crippen LogP contribution in [0.5, 0.6) is 0 Å². The van der Waals surface area contributed by atoms with Crippen LogP contribution in [0.1, 0.15) is 5.56 Å². The number of hydrogen-bond acceptors (Lipinski definition) is 3. The molecule has 0 amide bonds. The highest BCUT2D eigenvalue weighted by molar-refractivity contribution is 6.32. The van der Waals surface area contributed by atoms with Gasteiger partial charge in [0.25, 0.3) is 0 Å². The number of nitrogens with one attached hydrogen (secondary N) is 1. The van der Waals surface area contributed by atoms with Crippen molar-refractivity contribution in [2.24, 2.45) is 4.99 Å². The third-order valence-corrected chi connectivity index (χ3v) is 2.67. The van der Waals surface area contributed by atoms with Crippen molar-refractivity contribution in [3.63, 3.8) is 0 Å². The highest BCUT2D eigenvalue weighted by atomic mass is 35.5. The van der Waals surface area contributed by atoms with Gasteiger partial charge >= 0.3 is 0 Å². The van der Waals surface area contributed by atoms with E-state index in [0.717, 1.165) is 5.56 Å². The molecule has 1 aliphatic heterocycles. The average molecular weight is 257 g/mol. The van der Waals surface area contributed by atoms with Crippen molar-refractivity contribution in [2.75, 3.05) is 0 Å². The summed E-state index contributed by atoms with van der Waals surface area (Å²) in [5.41, 5.74) is 0.496. The Morgan fingerprint density at radius 1 is 1.31 bits per heavy atom. The summed E-state index contributed by atoms with van der Waals surface area (Å²) in [6.07, 6.45) is 1.45. The van der Waals surface area contributed by atoms with Crippen LogP contribution in [0.3, 0.4) is 0 Å². The molecule has 2 rings (SSSR count). The standard InChI is InChI=1S/C11H10Cl2N2O/c12-10-9(11(13)15-7-14-10)16-6-8-4-2-1-3-5-8/h1-5,7,10H,6H2,(H,14,15)/t10-/m0/s1. The average Bonchev–Trinajstić information content (AvgIpc) is 2.30. The second kappa shape index (κ2) is 5.23. The van der Waals surface area contributed by atoms with Crippen LogP contribution in [0.15, 0.2) is 46.2 Å². The number of aliphatic imine (C=N–C) groups is 1. The zero-order chi connectivity index (χ0) is 11.4. The maximum atomic E-state index is 5.94. The Balaban J connectivity index is 2.00. The molecule has 16 heavy (non-hydrogen) atoms. The van der Waals surface area contributed by atoms with Crippen molar-refractivity contribution in [3.8, 4) is 0 Å². The Morgan fingerprint density at radius 3 is 2.75 bits per heavy atom. The van der Waals surface area contributed by atoms with Gasteiger partial charge in [-0.05, 0) is 5.56 Å². The first-order valence-corrected chi connectivity index (χ1v) is 5.57. The van der Waals surface area contributed by atoms with Gasteiger partial charge in [0.15, 0.2) is 11.3 Å². The molecule has 0 aliphatic carbocycles. The van der Waals surface area contributed by atoms with Gasteiger partial charge in [-0.2, -0.15) is 0 Å². The quantitative estimate of drug-likeness (QED) is 0.667. The molecule has 0 fully saturated rings. The zero-order valence-corrected chi connectivity index (χ0v) is 9.87. The van der Waals surface area contributed by atoms with Crippen LogP contribution < -0.4 is 5.32 Å². The van der Waals surface area contributed by atoms with Gasteiger partial charge in [-0.1, -0.05) is 53.5 Å². The van der Waals surface area contributed by atoms with Crippen LogP contribution in [0, 0.1) is 0 Å². The highest BCUT2D eigenvalue weighted by Gasteiger charge is 2.18. The van der Waals surface area contributed by atoms with E-state index in [2.05, 4.69) is 10.3 Å². The van der Waals surface area contributed by atoms with Crippen LogP contribution in [-0.4, -0.2) is 11.8 Å². The number of nitrogens with zero attached hydrogens (tertiary/aromatic N) is 1. The maximum Gasteiger partial charge on any atom is 0.185 e. The molecule has 84 valence electrons. The van der Waals surface area contributed by atoms with Gasteiger partial charge in [0.1, 0.15) is 11.8 Å². The van der Waals surface area contributed by atoms with Crippen LogP contribution in [0.25, 0.3) is 0 Å². The smallest absolute Gasteiger partial charge is 0.185 e. The topological polar surface area (TPSA) is 33.6 Å². The lowest BCUT2D eigenvalue weighted by molar-refractivity contribution is 0.188. The molecule has 1 aliphatic rings. The van der Waals surface area contributed by atoms with Gasteiger partial charge in [-0.15, -0.1) is 0 Å². The molecule has 0 bridgehead atoms. The molecule has 1 heterocycles. The van der Waals surface area contributed by atoms with E-state index in [9.17, 15) is 0 Å². The van der Waals surface area contributed by atoms with E-state index >= 15 is 0 Å². The molecule has 0 radical (unpaired) electrons. The Kier molecular flexibility index (Phi) is 3.70. The molecule has 0 saturated carbocycles. The Morgan fingerprint density at radius 2 is 2.06 bits per heavy atom. The predicted octanol–water partition coefficient (Wildman–Crippen LogP) is 2.81. The highest BCUT2D eigenvalue weighted by Crippen LogP contribution is 2.22. The van der Waals surface area contributed by atoms with Gasteiger partial charge in [0.05, 0.1) is 6.34 Å². The summed E-state index contributed by atoms with van der Waals surface area (Å²) in [5, 5.41) is 3.12. The molecule has 1 aromatic rings. The largest absolute Gasteiger partial charge is 0.486 e. The third kappa shape index (κ3) is 2.68. The number of alkyl halides is 1. The Labute approximate surface area is 104 Å². The van der Waals surface area contributed by atoms with Crippen LogP contribution >= 0.6 is 23.2 Å². The van der Waals surface area contributed by atoms with E-state index in [1.54, 1.807) is 0 Å². The summed E-state index contributed by atoms with van der Waals surface area (Å²) >= 11 is 11.9. The van der Waals surface area contributed by atoms with E-state index in [0.29, 0.717) is 17.5 Å². The number of benzene rings is 1. The van der Waals surface area contributed by atoms with E-state index in [1.165, 1.54) is 6.34 Å². The van der Waals surface area contributed by atoms with Crippen molar-refractivity contribution < 1.29 is 4.74 Å². The van der Waals surface area contributed by atoms with Gasteiger partial charge in [0, 0.05) is 0 Å². The van der Waals surface area contributed by atoms with E-state index in [1.807, 2.05) is 30.3 Å². The lowest BCUT2D eigenvalue weighted by Crippen LogP contribution is -2.21. The first kappa shape index (κ1) is 11.3. The summed E-state index contributed by atoms with van der Waals surface area (Å²) in [7, 11) is 0. The minimum atomic E-state index is -0.558. The fourth-order valence-corrected chi connectivity index (χ4v) is 1.76. The predicted molar refractivity (Wildman–Crippen MR) is 65.4 cm³/mol. The second-order valence-electron chi connectivity index (χ2n) is 3.21. The normalized spacial score (nSPS) is 19.5. The Hall–Kier alpha value is -1.19. The summed E-state index contributed by atoms with van der Waals surface area (Å²) < 4.78 is 5.53. The van der Waals surface area contributed by atoms with Gasteiger partial charge in [0.2, 0.25) is 0 Å². The third-order valence-electron chi connectivity index (χ3n) is 2.07. The molecule has 0 spiro atoms. The summed E-state index contributed by atoms with van der Waals surface area (Å²) in [6.45, 7) is 0.423. The maximum absolute atomic E-state index is 5.94. The van der Waals surface area contributed by atoms with Gasteiger partial charge in [-0.25, -0.2) is 4.99 Å². The molecule has 1 N–H and O–H groups in total. The molecule has 3 nitrogen and oxygen atoms in total. The molecule has 1 aromatic carbocycles. The number of hydrogen-bond donors (Lipinski definition) is 1. The van der Waals surface area contributed by atoms with Gasteiger partial charge < -0.3 is 10.1 Å². The van der Waals surface area contributed by atoms with Crippen molar-refractivity contribution in [2.45, 2.75) is 12.1 Å². The molecular weight excluding hydrogens is 247 g/mol. The first-order chi connectivity index (χ1) is 7.77. The lowest BCUT2D eigenvalue weighted by Gasteiger charge is -2.17. The van der Waals surface area contributed by atoms with Gasteiger partial charge in [-0.3, -0.25) is 0 Å². The second-order valence-corrected chi connectivity index (χ2v) is 4.00. The van der Waals surface area contributed by atoms with Crippen molar-refractivity contribution in [1.82, 2.24) is 5.32 Å². The molecule has 0 aromatic heterocycles. The SMILES string of the molecule is ClC1=C(OCc2ccccc2)[C@@H](Cl)N=CN1. The van der Waals surface area contributed by atoms with E-state index in [4.69, 9.17) is 27.9 Å². The minimum absolute atomic E-state index is 0.380. The molecule has 0 saturated heterocycles. The zero-order valence-electron chi connectivity index (χ0n) is 8.36.